The highest BCUT2D eigenvalue weighted by Gasteiger charge is 2.04. The number of thiol groups is 1. The lowest BCUT2D eigenvalue weighted by molar-refractivity contribution is -0.131. The first kappa shape index (κ1) is 9.79. The summed E-state index contributed by atoms with van der Waals surface area (Å²) in [6.07, 6.45) is 4.16. The zero-order valence-corrected chi connectivity index (χ0v) is 8.53. The summed E-state index contributed by atoms with van der Waals surface area (Å²) in [5, 5.41) is 8.52. The summed E-state index contributed by atoms with van der Waals surface area (Å²) < 4.78 is 0. The summed E-state index contributed by atoms with van der Waals surface area (Å²) in [6.45, 7) is 0. The number of carbonyl (C=O) groups is 1. The second kappa shape index (κ2) is 3.78. The maximum Gasteiger partial charge on any atom is 0.328 e. The van der Waals surface area contributed by atoms with Crippen molar-refractivity contribution in [2.75, 3.05) is 0 Å². The van der Waals surface area contributed by atoms with E-state index < -0.39 is 5.97 Å². The maximum absolute atomic E-state index is 10.4. The van der Waals surface area contributed by atoms with Crippen molar-refractivity contribution in [2.45, 2.75) is 4.90 Å². The van der Waals surface area contributed by atoms with E-state index in [-0.39, 0.29) is 0 Å². The first-order valence-corrected chi connectivity index (χ1v) is 4.69. The van der Waals surface area contributed by atoms with Gasteiger partial charge in [-0.1, -0.05) is 6.07 Å². The second-order valence-electron chi connectivity index (χ2n) is 2.97. The van der Waals surface area contributed by atoms with Gasteiger partial charge in [-0.2, -0.15) is 0 Å². The molecule has 0 bridgehead atoms. The minimum Gasteiger partial charge on any atom is -0.478 e. The Balaban J connectivity index is 2.57. The average Bonchev–Trinajstić information content (AvgIpc) is 2.66. The lowest BCUT2D eigenvalue weighted by Crippen LogP contribution is -1.86. The number of aromatic nitrogens is 2. The Kier molecular flexibility index (Phi) is 2.47. The number of H-pyrrole nitrogens is 1. The fourth-order valence-corrected chi connectivity index (χ4v) is 1.58. The van der Waals surface area contributed by atoms with Gasteiger partial charge in [0.25, 0.3) is 0 Å². The van der Waals surface area contributed by atoms with E-state index in [0.717, 1.165) is 27.6 Å². The molecule has 0 aliphatic carbocycles. The van der Waals surface area contributed by atoms with Crippen LogP contribution < -0.4 is 0 Å². The molecule has 76 valence electrons. The van der Waals surface area contributed by atoms with E-state index in [1.807, 2.05) is 0 Å². The Morgan fingerprint density at radius 3 is 3.07 bits per heavy atom. The molecule has 1 aromatic carbocycles. The van der Waals surface area contributed by atoms with Gasteiger partial charge in [0, 0.05) is 16.5 Å². The predicted molar refractivity (Wildman–Crippen MR) is 60.0 cm³/mol. The molecule has 15 heavy (non-hydrogen) atoms. The quantitative estimate of drug-likeness (QED) is 0.535. The number of nitrogens with one attached hydrogen (secondary N) is 1. The number of carboxylic acid groups (broad SMARTS) is 1. The zero-order chi connectivity index (χ0) is 10.8. The number of aromatic amines is 1. The molecule has 5 heteroatoms. The minimum atomic E-state index is -0.978. The Morgan fingerprint density at radius 2 is 2.33 bits per heavy atom. The van der Waals surface area contributed by atoms with Crippen LogP contribution in [-0.2, 0) is 4.79 Å². The molecule has 0 radical (unpaired) electrons. The molecule has 0 atom stereocenters. The molecule has 0 spiro atoms. The number of hydrogen-bond acceptors (Lipinski definition) is 3. The molecule has 0 unspecified atom stereocenters. The molecule has 2 N–H and O–H groups in total. The van der Waals surface area contributed by atoms with Crippen molar-refractivity contribution in [3.63, 3.8) is 0 Å². The molecular weight excluding hydrogens is 212 g/mol. The Morgan fingerprint density at radius 1 is 1.53 bits per heavy atom. The van der Waals surface area contributed by atoms with Gasteiger partial charge in [0.2, 0.25) is 0 Å². The molecule has 1 aromatic heterocycles. The van der Waals surface area contributed by atoms with Crippen molar-refractivity contribution in [1.82, 2.24) is 9.97 Å². The van der Waals surface area contributed by atoms with Crippen molar-refractivity contribution in [3.8, 4) is 0 Å². The third-order valence-corrected chi connectivity index (χ3v) is 2.37. The molecule has 2 aromatic rings. The molecule has 0 saturated carbocycles. The smallest absolute Gasteiger partial charge is 0.328 e. The number of carboxylic acids is 1. The van der Waals surface area contributed by atoms with Gasteiger partial charge in [-0.05, 0) is 12.1 Å². The van der Waals surface area contributed by atoms with Crippen LogP contribution in [-0.4, -0.2) is 21.0 Å². The van der Waals surface area contributed by atoms with Gasteiger partial charge in [-0.3, -0.25) is 0 Å². The van der Waals surface area contributed by atoms with Gasteiger partial charge < -0.3 is 10.1 Å². The van der Waals surface area contributed by atoms with Crippen molar-refractivity contribution in [3.05, 3.63) is 30.1 Å². The highest BCUT2D eigenvalue weighted by molar-refractivity contribution is 7.80. The summed E-state index contributed by atoms with van der Waals surface area (Å²) in [5.74, 6) is -0.978. The van der Waals surface area contributed by atoms with E-state index in [1.165, 1.54) is 6.08 Å². The zero-order valence-electron chi connectivity index (χ0n) is 7.64. The Hall–Kier alpha value is -1.75. The highest BCUT2D eigenvalue weighted by atomic mass is 32.1. The van der Waals surface area contributed by atoms with E-state index in [0.29, 0.717) is 0 Å². The van der Waals surface area contributed by atoms with Gasteiger partial charge in [-0.25, -0.2) is 9.78 Å². The van der Waals surface area contributed by atoms with Gasteiger partial charge in [0.05, 0.1) is 17.4 Å². The summed E-state index contributed by atoms with van der Waals surface area (Å²) in [4.78, 5) is 18.2. The third-order valence-electron chi connectivity index (χ3n) is 2.00. The SMILES string of the molecule is O=C(O)/C=C/c1ccc(S)c2[nH]cnc12. The summed E-state index contributed by atoms with van der Waals surface area (Å²) in [6, 6.07) is 3.58. The van der Waals surface area contributed by atoms with Crippen LogP contribution in [0.1, 0.15) is 5.56 Å². The fraction of sp³-hybridized carbons (Fsp3) is 0. The molecule has 0 amide bonds. The summed E-state index contributed by atoms with van der Waals surface area (Å²) in [7, 11) is 0. The van der Waals surface area contributed by atoms with Gasteiger partial charge in [-0.15, -0.1) is 12.6 Å². The van der Waals surface area contributed by atoms with Crippen LogP contribution in [0.4, 0.5) is 0 Å². The molecule has 0 saturated heterocycles. The minimum absolute atomic E-state index is 0.722. The van der Waals surface area contributed by atoms with Crippen molar-refractivity contribution in [1.29, 1.82) is 0 Å². The van der Waals surface area contributed by atoms with Crippen LogP contribution in [0.15, 0.2) is 29.4 Å². The lowest BCUT2D eigenvalue weighted by Gasteiger charge is -1.97. The van der Waals surface area contributed by atoms with Gasteiger partial charge >= 0.3 is 5.97 Å². The van der Waals surface area contributed by atoms with E-state index >= 15 is 0 Å². The monoisotopic (exact) mass is 220 g/mol. The highest BCUT2D eigenvalue weighted by Crippen LogP contribution is 2.22. The van der Waals surface area contributed by atoms with Gasteiger partial charge in [0.15, 0.2) is 0 Å². The van der Waals surface area contributed by atoms with Crippen LogP contribution in [0.3, 0.4) is 0 Å². The van der Waals surface area contributed by atoms with Crippen LogP contribution in [0.25, 0.3) is 17.1 Å². The standard InChI is InChI=1S/C10H8N2O2S/c13-8(14)4-2-6-1-3-7(15)10-9(6)11-5-12-10/h1-5,15H,(H,11,12)(H,13,14)/b4-2+. The van der Waals surface area contributed by atoms with Crippen LogP contribution in [0, 0.1) is 0 Å². The van der Waals surface area contributed by atoms with Crippen molar-refractivity contribution >= 4 is 35.7 Å². The first-order valence-electron chi connectivity index (χ1n) is 4.24. The number of aliphatic carboxylic acids is 1. The van der Waals surface area contributed by atoms with E-state index in [2.05, 4.69) is 22.6 Å². The van der Waals surface area contributed by atoms with E-state index in [4.69, 9.17) is 5.11 Å². The number of fused-ring (bicyclic) bond motifs is 1. The number of hydrogen-bond donors (Lipinski definition) is 3. The van der Waals surface area contributed by atoms with Crippen LogP contribution >= 0.6 is 12.6 Å². The normalized spacial score (nSPS) is 11.3. The average molecular weight is 220 g/mol. The van der Waals surface area contributed by atoms with Crippen molar-refractivity contribution < 1.29 is 9.90 Å². The first-order chi connectivity index (χ1) is 7.18. The predicted octanol–water partition coefficient (Wildman–Crippen LogP) is 1.95. The topological polar surface area (TPSA) is 66.0 Å². The number of rotatable bonds is 2. The van der Waals surface area contributed by atoms with Gasteiger partial charge in [0.1, 0.15) is 0 Å². The summed E-state index contributed by atoms with van der Waals surface area (Å²) in [5.41, 5.74) is 2.29. The molecule has 1 heterocycles. The lowest BCUT2D eigenvalue weighted by atomic mass is 10.1. The van der Waals surface area contributed by atoms with E-state index in [9.17, 15) is 4.79 Å². The maximum atomic E-state index is 10.4. The fourth-order valence-electron chi connectivity index (χ4n) is 1.33. The number of benzene rings is 1. The Bertz CT molecular complexity index is 545. The molecule has 2 rings (SSSR count). The van der Waals surface area contributed by atoms with Crippen LogP contribution in [0.2, 0.25) is 0 Å². The number of nitrogens with zero attached hydrogens (tertiary/aromatic N) is 1. The Labute approximate surface area is 91.1 Å². The van der Waals surface area contributed by atoms with E-state index in [1.54, 1.807) is 18.5 Å². The molecule has 0 fully saturated rings. The largest absolute Gasteiger partial charge is 0.478 e. The van der Waals surface area contributed by atoms with Crippen molar-refractivity contribution in [2.24, 2.45) is 0 Å². The summed E-state index contributed by atoms with van der Waals surface area (Å²) >= 11 is 4.26. The number of imidazole rings is 1. The third kappa shape index (κ3) is 1.87. The van der Waals surface area contributed by atoms with Crippen LogP contribution in [0.5, 0.6) is 0 Å². The molecular formula is C10H8N2O2S. The molecule has 0 aliphatic rings. The molecule has 4 nitrogen and oxygen atoms in total. The second-order valence-corrected chi connectivity index (χ2v) is 3.45. The molecule has 0 aliphatic heterocycles.